The molecule has 0 aliphatic heterocycles. The predicted octanol–water partition coefficient (Wildman–Crippen LogP) is 3.72. The van der Waals surface area contributed by atoms with E-state index in [1.54, 1.807) is 36.7 Å². The summed E-state index contributed by atoms with van der Waals surface area (Å²) < 4.78 is 4.68. The van der Waals surface area contributed by atoms with E-state index < -0.39 is 5.97 Å². The fourth-order valence-electron chi connectivity index (χ4n) is 2.09. The van der Waals surface area contributed by atoms with Crippen LogP contribution in [0.25, 0.3) is 11.3 Å². The second-order valence-corrected chi connectivity index (χ2v) is 5.28. The normalized spacial score (nSPS) is 10.2. The molecule has 0 radical (unpaired) electrons. The van der Waals surface area contributed by atoms with Crippen molar-refractivity contribution in [3.05, 3.63) is 65.7 Å². The number of pyridine rings is 1. The Kier molecular flexibility index (Phi) is 4.67. The van der Waals surface area contributed by atoms with Gasteiger partial charge in [0.25, 0.3) is 0 Å². The average molecular weight is 341 g/mol. The molecule has 0 unspecified atom stereocenters. The fraction of sp³-hybridized carbons (Fsp3) is 0.0588. The van der Waals surface area contributed by atoms with Crippen LogP contribution in [-0.4, -0.2) is 28.0 Å². The topological polar surface area (TPSA) is 77.0 Å². The van der Waals surface area contributed by atoms with Gasteiger partial charge in [0.15, 0.2) is 0 Å². The Labute approximate surface area is 143 Å². The van der Waals surface area contributed by atoms with E-state index in [1.165, 1.54) is 13.3 Å². The van der Waals surface area contributed by atoms with Crippen LogP contribution < -0.4 is 5.32 Å². The Morgan fingerprint density at radius 3 is 2.88 bits per heavy atom. The van der Waals surface area contributed by atoms with Crippen molar-refractivity contribution >= 4 is 29.1 Å². The molecule has 1 aromatic carbocycles. The first-order chi connectivity index (χ1) is 11.7. The van der Waals surface area contributed by atoms with Crippen LogP contribution in [0.1, 0.15) is 10.5 Å². The number of aromatic nitrogens is 3. The van der Waals surface area contributed by atoms with E-state index in [2.05, 4.69) is 25.0 Å². The molecule has 120 valence electrons. The lowest BCUT2D eigenvalue weighted by atomic mass is 10.2. The van der Waals surface area contributed by atoms with E-state index in [0.717, 1.165) is 5.69 Å². The number of carbonyl (C=O) groups is 1. The Morgan fingerprint density at radius 2 is 2.08 bits per heavy atom. The third kappa shape index (κ3) is 3.67. The number of anilines is 2. The van der Waals surface area contributed by atoms with Gasteiger partial charge >= 0.3 is 5.97 Å². The summed E-state index contributed by atoms with van der Waals surface area (Å²) in [5, 5.41) is 3.76. The van der Waals surface area contributed by atoms with E-state index in [-0.39, 0.29) is 5.69 Å². The Morgan fingerprint density at radius 1 is 1.21 bits per heavy atom. The van der Waals surface area contributed by atoms with Gasteiger partial charge in [-0.3, -0.25) is 4.98 Å². The number of nitrogens with zero attached hydrogens (tertiary/aromatic N) is 3. The molecule has 3 rings (SSSR count). The number of ether oxygens (including phenoxy) is 1. The van der Waals surface area contributed by atoms with Gasteiger partial charge in [-0.1, -0.05) is 17.7 Å². The average Bonchev–Trinajstić information content (AvgIpc) is 2.61. The molecule has 0 saturated carbocycles. The number of hydrogen-bond acceptors (Lipinski definition) is 6. The Hall–Kier alpha value is -2.99. The molecule has 2 heterocycles. The van der Waals surface area contributed by atoms with E-state index in [1.807, 2.05) is 12.1 Å². The van der Waals surface area contributed by atoms with Gasteiger partial charge in [0.1, 0.15) is 11.5 Å². The highest BCUT2D eigenvalue weighted by Crippen LogP contribution is 2.22. The van der Waals surface area contributed by atoms with Crippen LogP contribution >= 0.6 is 11.6 Å². The molecule has 1 N–H and O–H groups in total. The van der Waals surface area contributed by atoms with Crippen LogP contribution in [0.4, 0.5) is 11.5 Å². The highest BCUT2D eigenvalue weighted by atomic mass is 35.5. The third-order valence-electron chi connectivity index (χ3n) is 3.18. The number of nitrogens with one attached hydrogen (secondary N) is 1. The van der Waals surface area contributed by atoms with Crippen molar-refractivity contribution in [2.45, 2.75) is 0 Å². The molecule has 0 aliphatic carbocycles. The fourth-order valence-corrected chi connectivity index (χ4v) is 2.28. The molecule has 0 fully saturated rings. The van der Waals surface area contributed by atoms with Crippen LogP contribution in [0, 0.1) is 0 Å². The van der Waals surface area contributed by atoms with Gasteiger partial charge in [0.2, 0.25) is 0 Å². The van der Waals surface area contributed by atoms with Gasteiger partial charge in [-0.05, 0) is 30.3 Å². The number of carbonyl (C=O) groups excluding carboxylic acids is 1. The number of halogens is 1. The second kappa shape index (κ2) is 7.06. The first-order valence-electron chi connectivity index (χ1n) is 7.05. The highest BCUT2D eigenvalue weighted by molar-refractivity contribution is 6.30. The molecule has 2 aromatic heterocycles. The molecule has 0 amide bonds. The van der Waals surface area contributed by atoms with E-state index in [0.29, 0.717) is 22.1 Å². The second-order valence-electron chi connectivity index (χ2n) is 4.85. The molecule has 0 saturated heterocycles. The van der Waals surface area contributed by atoms with Crippen LogP contribution in [0.2, 0.25) is 5.02 Å². The van der Waals surface area contributed by atoms with E-state index in [4.69, 9.17) is 11.6 Å². The summed E-state index contributed by atoms with van der Waals surface area (Å²) >= 11 is 5.97. The van der Waals surface area contributed by atoms with Gasteiger partial charge < -0.3 is 10.1 Å². The summed E-state index contributed by atoms with van der Waals surface area (Å²) in [4.78, 5) is 24.3. The number of methoxy groups -OCH3 is 1. The summed E-state index contributed by atoms with van der Waals surface area (Å²) in [7, 11) is 1.31. The quantitative estimate of drug-likeness (QED) is 0.729. The van der Waals surface area contributed by atoms with E-state index in [9.17, 15) is 4.79 Å². The number of esters is 1. The van der Waals surface area contributed by atoms with Crippen molar-refractivity contribution < 1.29 is 9.53 Å². The summed E-state index contributed by atoms with van der Waals surface area (Å²) in [6.07, 6.45) is 4.74. The maximum absolute atomic E-state index is 11.6. The lowest BCUT2D eigenvalue weighted by Gasteiger charge is -2.08. The van der Waals surface area contributed by atoms with Gasteiger partial charge in [-0.2, -0.15) is 0 Å². The molecule has 0 spiro atoms. The number of benzene rings is 1. The molecule has 0 aliphatic rings. The summed E-state index contributed by atoms with van der Waals surface area (Å²) in [6, 6.07) is 10.7. The maximum atomic E-state index is 11.6. The van der Waals surface area contributed by atoms with Gasteiger partial charge in [-0.15, -0.1) is 0 Å². The summed E-state index contributed by atoms with van der Waals surface area (Å²) in [5.74, 6) is 0.0595. The summed E-state index contributed by atoms with van der Waals surface area (Å²) in [6.45, 7) is 0. The van der Waals surface area contributed by atoms with Crippen LogP contribution in [-0.2, 0) is 4.74 Å². The van der Waals surface area contributed by atoms with Crippen LogP contribution in [0.15, 0.2) is 55.0 Å². The van der Waals surface area contributed by atoms with Crippen molar-refractivity contribution in [2.24, 2.45) is 0 Å². The standard InChI is InChI=1S/C17H13ClN4O2/c1-24-17(23)14-7-11(5-6-20-14)15-9-19-10-16(22-15)21-13-4-2-3-12(18)8-13/h2-10H,1H3,(H,21,22). The largest absolute Gasteiger partial charge is 0.464 e. The smallest absolute Gasteiger partial charge is 0.356 e. The maximum Gasteiger partial charge on any atom is 0.356 e. The zero-order valence-electron chi connectivity index (χ0n) is 12.7. The van der Waals surface area contributed by atoms with Crippen molar-refractivity contribution in [1.29, 1.82) is 0 Å². The Bertz CT molecular complexity index is 886. The van der Waals surface area contributed by atoms with Crippen molar-refractivity contribution in [3.8, 4) is 11.3 Å². The predicted molar refractivity (Wildman–Crippen MR) is 91.3 cm³/mol. The zero-order chi connectivity index (χ0) is 16.9. The lowest BCUT2D eigenvalue weighted by Crippen LogP contribution is -2.04. The monoisotopic (exact) mass is 340 g/mol. The van der Waals surface area contributed by atoms with Crippen molar-refractivity contribution in [3.63, 3.8) is 0 Å². The first-order valence-corrected chi connectivity index (χ1v) is 7.43. The van der Waals surface area contributed by atoms with Gasteiger partial charge in [-0.25, -0.2) is 14.8 Å². The van der Waals surface area contributed by atoms with Gasteiger partial charge in [0, 0.05) is 22.5 Å². The molecule has 7 heteroatoms. The Balaban J connectivity index is 1.89. The minimum absolute atomic E-state index is 0.213. The molecule has 24 heavy (non-hydrogen) atoms. The molecule has 3 aromatic rings. The first kappa shape index (κ1) is 15.9. The lowest BCUT2D eigenvalue weighted by molar-refractivity contribution is 0.0594. The molecular weight excluding hydrogens is 328 g/mol. The molecule has 0 bridgehead atoms. The van der Waals surface area contributed by atoms with Crippen LogP contribution in [0.3, 0.4) is 0 Å². The van der Waals surface area contributed by atoms with Crippen molar-refractivity contribution in [2.75, 3.05) is 12.4 Å². The molecule has 6 nitrogen and oxygen atoms in total. The zero-order valence-corrected chi connectivity index (χ0v) is 13.5. The highest BCUT2D eigenvalue weighted by Gasteiger charge is 2.10. The molecular formula is C17H13ClN4O2. The SMILES string of the molecule is COC(=O)c1cc(-c2cncc(Nc3cccc(Cl)c3)n2)ccn1. The van der Waals surface area contributed by atoms with E-state index >= 15 is 0 Å². The summed E-state index contributed by atoms with van der Waals surface area (Å²) in [5.41, 5.74) is 2.34. The molecule has 0 atom stereocenters. The minimum Gasteiger partial charge on any atom is -0.464 e. The van der Waals surface area contributed by atoms with Crippen LogP contribution in [0.5, 0.6) is 0 Å². The van der Waals surface area contributed by atoms with Crippen molar-refractivity contribution in [1.82, 2.24) is 15.0 Å². The third-order valence-corrected chi connectivity index (χ3v) is 3.42. The minimum atomic E-state index is -0.502. The number of hydrogen-bond donors (Lipinski definition) is 1. The number of rotatable bonds is 4. The van der Waals surface area contributed by atoms with Gasteiger partial charge in [0.05, 0.1) is 25.2 Å².